The Morgan fingerprint density at radius 1 is 1.38 bits per heavy atom. The number of nitrogens with zero attached hydrogens (tertiary/aromatic N) is 5. The molecule has 24 heavy (non-hydrogen) atoms. The van der Waals surface area contributed by atoms with Gasteiger partial charge in [0.1, 0.15) is 12.6 Å². The van der Waals surface area contributed by atoms with Crippen LogP contribution in [-0.4, -0.2) is 50.5 Å². The zero-order valence-corrected chi connectivity index (χ0v) is 14.5. The van der Waals surface area contributed by atoms with Gasteiger partial charge in [0.05, 0.1) is 18.9 Å². The van der Waals surface area contributed by atoms with Gasteiger partial charge in [0.15, 0.2) is 0 Å². The van der Waals surface area contributed by atoms with Crippen LogP contribution in [0.5, 0.6) is 0 Å². The van der Waals surface area contributed by atoms with Crippen LogP contribution in [-0.2, 0) is 16.1 Å². The number of amides is 1. The zero-order chi connectivity index (χ0) is 17.3. The highest BCUT2D eigenvalue weighted by atomic mass is 16.5. The molecule has 0 aliphatic carbocycles. The van der Waals surface area contributed by atoms with Gasteiger partial charge in [0.25, 0.3) is 0 Å². The van der Waals surface area contributed by atoms with Gasteiger partial charge in [0.2, 0.25) is 17.7 Å². The summed E-state index contributed by atoms with van der Waals surface area (Å²) in [5, 5.41) is 12.5. The molecule has 1 amide bonds. The van der Waals surface area contributed by atoms with Crippen molar-refractivity contribution < 1.29 is 13.9 Å². The van der Waals surface area contributed by atoms with E-state index in [9.17, 15) is 4.79 Å². The highest BCUT2D eigenvalue weighted by molar-refractivity contribution is 5.76. The van der Waals surface area contributed by atoms with Crippen molar-refractivity contribution in [2.75, 3.05) is 19.8 Å². The number of hydrogen-bond acceptors (Lipinski definition) is 6. The van der Waals surface area contributed by atoms with E-state index in [4.69, 9.17) is 9.15 Å². The average Bonchev–Trinajstić information content (AvgIpc) is 3.14. The summed E-state index contributed by atoms with van der Waals surface area (Å²) in [5.74, 6) is 1.12. The summed E-state index contributed by atoms with van der Waals surface area (Å²) in [6.45, 7) is 9.39. The molecule has 0 bridgehead atoms. The van der Waals surface area contributed by atoms with Gasteiger partial charge in [-0.25, -0.2) is 0 Å². The second-order valence-corrected chi connectivity index (χ2v) is 6.40. The fourth-order valence-electron chi connectivity index (χ4n) is 2.78. The molecule has 0 radical (unpaired) electrons. The van der Waals surface area contributed by atoms with Crippen LogP contribution in [0.3, 0.4) is 0 Å². The van der Waals surface area contributed by atoms with E-state index >= 15 is 0 Å². The van der Waals surface area contributed by atoms with E-state index in [1.54, 1.807) is 9.58 Å². The Hall–Kier alpha value is -2.22. The Bertz CT molecular complexity index is 721. The summed E-state index contributed by atoms with van der Waals surface area (Å²) in [6, 6.07) is 1.61. The van der Waals surface area contributed by atoms with Crippen molar-refractivity contribution >= 4 is 5.91 Å². The van der Waals surface area contributed by atoms with Gasteiger partial charge in [-0.2, -0.15) is 5.10 Å². The first kappa shape index (κ1) is 16.6. The van der Waals surface area contributed by atoms with Crippen molar-refractivity contribution in [2.24, 2.45) is 0 Å². The number of carbonyl (C=O) groups excluding carboxylic acids is 1. The Balaban J connectivity index is 1.78. The molecule has 1 saturated heterocycles. The molecule has 1 atom stereocenters. The topological polar surface area (TPSA) is 86.3 Å². The lowest BCUT2D eigenvalue weighted by atomic mass is 10.2. The summed E-state index contributed by atoms with van der Waals surface area (Å²) in [7, 11) is 0. The van der Waals surface area contributed by atoms with E-state index in [2.05, 4.69) is 15.3 Å². The van der Waals surface area contributed by atoms with Crippen LogP contribution in [0.4, 0.5) is 0 Å². The molecule has 3 heterocycles. The molecule has 0 unspecified atom stereocenters. The molecular formula is C16H23N5O3. The molecule has 0 aromatic carbocycles. The van der Waals surface area contributed by atoms with Crippen LogP contribution < -0.4 is 0 Å². The van der Waals surface area contributed by atoms with Gasteiger partial charge >= 0.3 is 0 Å². The van der Waals surface area contributed by atoms with Gasteiger partial charge in [0, 0.05) is 18.2 Å². The standard InChI is InChI=1S/C16H23N5O3/c1-10(2)15-17-18-16(24-15)13-9-23-6-5-20(13)14(22)8-21-12(4)7-11(3)19-21/h7,10,13H,5-6,8-9H2,1-4H3/t13-/m1/s1. The number of morpholine rings is 1. The molecule has 130 valence electrons. The number of ether oxygens (including phenoxy) is 1. The van der Waals surface area contributed by atoms with Crippen molar-refractivity contribution in [3.63, 3.8) is 0 Å². The van der Waals surface area contributed by atoms with Gasteiger partial charge in [-0.3, -0.25) is 9.48 Å². The number of rotatable bonds is 4. The lowest BCUT2D eigenvalue weighted by molar-refractivity contribution is -0.142. The SMILES string of the molecule is Cc1cc(C)n(CC(=O)N2CCOC[C@@H]2c2nnc(C(C)C)o2)n1. The predicted molar refractivity (Wildman–Crippen MR) is 85.4 cm³/mol. The van der Waals surface area contributed by atoms with Crippen LogP contribution >= 0.6 is 0 Å². The quantitative estimate of drug-likeness (QED) is 0.845. The first-order chi connectivity index (χ1) is 11.5. The van der Waals surface area contributed by atoms with Crippen molar-refractivity contribution in [1.82, 2.24) is 24.9 Å². The molecule has 8 heteroatoms. The maximum Gasteiger partial charge on any atom is 0.245 e. The molecule has 2 aromatic heterocycles. The molecule has 1 aliphatic rings. The molecule has 1 fully saturated rings. The van der Waals surface area contributed by atoms with E-state index in [0.717, 1.165) is 11.4 Å². The lowest BCUT2D eigenvalue weighted by Crippen LogP contribution is -2.45. The van der Waals surface area contributed by atoms with Crippen molar-refractivity contribution in [1.29, 1.82) is 0 Å². The summed E-state index contributed by atoms with van der Waals surface area (Å²) in [4.78, 5) is 14.5. The molecule has 2 aromatic rings. The summed E-state index contributed by atoms with van der Waals surface area (Å²) < 4.78 is 13.0. The first-order valence-electron chi connectivity index (χ1n) is 8.17. The number of hydrogen-bond donors (Lipinski definition) is 0. The minimum Gasteiger partial charge on any atom is -0.423 e. The van der Waals surface area contributed by atoms with Gasteiger partial charge in [-0.1, -0.05) is 13.8 Å². The minimum atomic E-state index is -0.344. The fourth-order valence-corrected chi connectivity index (χ4v) is 2.78. The third-order valence-corrected chi connectivity index (χ3v) is 4.07. The van der Waals surface area contributed by atoms with E-state index in [0.29, 0.717) is 31.5 Å². The van der Waals surface area contributed by atoms with Crippen LogP contribution in [0.15, 0.2) is 10.5 Å². The van der Waals surface area contributed by atoms with Crippen LogP contribution in [0.1, 0.15) is 49.0 Å². The number of carbonyl (C=O) groups is 1. The molecule has 0 saturated carbocycles. The summed E-state index contributed by atoms with van der Waals surface area (Å²) >= 11 is 0. The predicted octanol–water partition coefficient (Wildman–Crippen LogP) is 1.61. The normalized spacial score (nSPS) is 18.4. The van der Waals surface area contributed by atoms with E-state index in [1.807, 2.05) is 33.8 Å². The number of aryl methyl sites for hydroxylation is 2. The summed E-state index contributed by atoms with van der Waals surface area (Å²) in [6.07, 6.45) is 0. The smallest absolute Gasteiger partial charge is 0.245 e. The Labute approximate surface area is 140 Å². The van der Waals surface area contributed by atoms with Gasteiger partial charge in [-0.05, 0) is 19.9 Å². The van der Waals surface area contributed by atoms with E-state index in [1.165, 1.54) is 0 Å². The highest BCUT2D eigenvalue weighted by Crippen LogP contribution is 2.25. The molecule has 0 N–H and O–H groups in total. The van der Waals surface area contributed by atoms with E-state index < -0.39 is 0 Å². The van der Waals surface area contributed by atoms with Gasteiger partial charge < -0.3 is 14.1 Å². The zero-order valence-electron chi connectivity index (χ0n) is 14.5. The minimum absolute atomic E-state index is 0.0289. The van der Waals surface area contributed by atoms with Crippen molar-refractivity contribution in [3.05, 3.63) is 29.2 Å². The second-order valence-electron chi connectivity index (χ2n) is 6.40. The number of aromatic nitrogens is 4. The van der Waals surface area contributed by atoms with E-state index in [-0.39, 0.29) is 24.4 Å². The molecule has 1 aliphatic heterocycles. The molecule has 0 spiro atoms. The maximum atomic E-state index is 12.8. The molecule has 8 nitrogen and oxygen atoms in total. The summed E-state index contributed by atoms with van der Waals surface area (Å²) in [5.41, 5.74) is 1.86. The highest BCUT2D eigenvalue weighted by Gasteiger charge is 2.33. The Kier molecular flexibility index (Phi) is 4.66. The van der Waals surface area contributed by atoms with Crippen LogP contribution in [0.2, 0.25) is 0 Å². The maximum absolute atomic E-state index is 12.8. The first-order valence-corrected chi connectivity index (χ1v) is 8.17. The monoisotopic (exact) mass is 333 g/mol. The van der Waals surface area contributed by atoms with Crippen molar-refractivity contribution in [3.8, 4) is 0 Å². The third-order valence-electron chi connectivity index (χ3n) is 4.07. The molecular weight excluding hydrogens is 310 g/mol. The van der Waals surface area contributed by atoms with Crippen molar-refractivity contribution in [2.45, 2.75) is 46.2 Å². The second kappa shape index (κ2) is 6.72. The fraction of sp³-hybridized carbons (Fsp3) is 0.625. The van der Waals surface area contributed by atoms with Gasteiger partial charge in [-0.15, -0.1) is 10.2 Å². The Morgan fingerprint density at radius 3 is 2.79 bits per heavy atom. The van der Waals surface area contributed by atoms with Crippen LogP contribution in [0.25, 0.3) is 0 Å². The third kappa shape index (κ3) is 3.33. The Morgan fingerprint density at radius 2 is 2.17 bits per heavy atom. The average molecular weight is 333 g/mol. The molecule has 3 rings (SSSR count). The largest absolute Gasteiger partial charge is 0.423 e. The van der Waals surface area contributed by atoms with Crippen LogP contribution in [0, 0.1) is 13.8 Å². The lowest BCUT2D eigenvalue weighted by Gasteiger charge is -2.33.